The summed E-state index contributed by atoms with van der Waals surface area (Å²) in [4.78, 5) is 25.3. The van der Waals surface area contributed by atoms with Crippen LogP contribution in [0.5, 0.6) is 0 Å². The Bertz CT molecular complexity index is 636. The van der Waals surface area contributed by atoms with Crippen molar-refractivity contribution in [3.05, 3.63) is 41.9 Å². The summed E-state index contributed by atoms with van der Waals surface area (Å²) < 4.78 is 1.57. The number of carboxylic acids is 2. The molecule has 0 fully saturated rings. The number of rotatable bonds is 3. The zero-order chi connectivity index (χ0) is 13.3. The van der Waals surface area contributed by atoms with Crippen LogP contribution >= 0.6 is 0 Å². The molecule has 2 rings (SSSR count). The third-order valence-electron chi connectivity index (χ3n) is 2.54. The van der Waals surface area contributed by atoms with Crippen LogP contribution in [0.2, 0.25) is 0 Å². The number of aromatic nitrogens is 2. The van der Waals surface area contributed by atoms with Crippen molar-refractivity contribution in [1.29, 1.82) is 0 Å². The van der Waals surface area contributed by atoms with Gasteiger partial charge in [0.25, 0.3) is 0 Å². The minimum absolute atomic E-state index is 0. The monoisotopic (exact) mass is 397 g/mol. The van der Waals surface area contributed by atoms with E-state index < -0.39 is 11.9 Å². The largest absolute Gasteiger partial charge is 3.00 e. The molecule has 0 atom stereocenters. The maximum atomic E-state index is 11.0. The second kappa shape index (κ2) is 6.41. The first-order chi connectivity index (χ1) is 8.50. The van der Waals surface area contributed by atoms with Crippen LogP contribution in [0.4, 0.5) is 0 Å². The van der Waals surface area contributed by atoms with Crippen molar-refractivity contribution in [3.8, 4) is 11.3 Å². The van der Waals surface area contributed by atoms with Crippen LogP contribution in [0.15, 0.2) is 30.6 Å². The molecule has 2 aromatic rings. The number of hydrogen-bond acceptors (Lipinski definition) is 5. The number of aromatic carboxylic acids is 2. The van der Waals surface area contributed by atoms with E-state index in [1.165, 1.54) is 24.4 Å². The normalized spacial score (nSPS) is 9.74. The minimum Gasteiger partial charge on any atom is -0.545 e. The Hall–Kier alpha value is -1.05. The summed E-state index contributed by atoms with van der Waals surface area (Å²) in [5.74, 6) is -2.74. The van der Waals surface area contributed by atoms with E-state index in [4.69, 9.17) is 0 Å². The zero-order valence-electron chi connectivity index (χ0n) is 9.79. The van der Waals surface area contributed by atoms with E-state index in [2.05, 4.69) is 4.98 Å². The SMILES string of the molecule is Cn1ccc(C(=O)[O-])c1-c1ccnc(C(=O)[O-])c1.[Eu+3]. The van der Waals surface area contributed by atoms with Crippen LogP contribution in [0.1, 0.15) is 20.8 Å². The number of pyridine rings is 1. The number of aryl methyl sites for hydroxylation is 1. The summed E-state index contributed by atoms with van der Waals surface area (Å²) >= 11 is 0. The van der Waals surface area contributed by atoms with Crippen LogP contribution in [0.25, 0.3) is 11.3 Å². The third kappa shape index (κ3) is 3.29. The second-order valence-corrected chi connectivity index (χ2v) is 3.69. The van der Waals surface area contributed by atoms with Crippen molar-refractivity contribution in [2.24, 2.45) is 7.05 Å². The van der Waals surface area contributed by atoms with Crippen LogP contribution in [-0.2, 0) is 7.05 Å². The fraction of sp³-hybridized carbons (Fsp3) is 0.0833. The fourth-order valence-electron chi connectivity index (χ4n) is 1.74. The average Bonchev–Trinajstić information content (AvgIpc) is 2.71. The second-order valence-electron chi connectivity index (χ2n) is 3.69. The topological polar surface area (TPSA) is 98.1 Å². The van der Waals surface area contributed by atoms with Crippen LogP contribution in [0, 0.1) is 49.4 Å². The molecule has 0 aromatic carbocycles. The van der Waals surface area contributed by atoms with Crippen LogP contribution in [-0.4, -0.2) is 21.5 Å². The quantitative estimate of drug-likeness (QED) is 0.650. The molecule has 0 spiro atoms. The van der Waals surface area contributed by atoms with Crippen molar-refractivity contribution >= 4 is 11.9 Å². The molecule has 6 nitrogen and oxygen atoms in total. The molecule has 0 bridgehead atoms. The first-order valence-corrected chi connectivity index (χ1v) is 5.05. The summed E-state index contributed by atoms with van der Waals surface area (Å²) in [5.41, 5.74) is 0.529. The van der Waals surface area contributed by atoms with Gasteiger partial charge in [0.15, 0.2) is 0 Å². The van der Waals surface area contributed by atoms with Crippen LogP contribution < -0.4 is 10.2 Å². The van der Waals surface area contributed by atoms with Crippen molar-refractivity contribution in [2.45, 2.75) is 0 Å². The van der Waals surface area contributed by atoms with Gasteiger partial charge in [0.05, 0.1) is 23.3 Å². The molecule has 0 aliphatic rings. The van der Waals surface area contributed by atoms with Gasteiger partial charge in [-0.25, -0.2) is 0 Å². The van der Waals surface area contributed by atoms with E-state index in [1.54, 1.807) is 17.8 Å². The number of carbonyl (C=O) groups is 2. The summed E-state index contributed by atoms with van der Waals surface area (Å²) in [6, 6.07) is 4.18. The Kier molecular flexibility index (Phi) is 5.40. The Balaban J connectivity index is 0.00000180. The Morgan fingerprint density at radius 2 is 1.89 bits per heavy atom. The molecule has 0 amide bonds. The molecule has 0 unspecified atom stereocenters. The molecule has 7 heteroatoms. The predicted molar refractivity (Wildman–Crippen MR) is 57.3 cm³/mol. The summed E-state index contributed by atoms with van der Waals surface area (Å²) in [6.07, 6.45) is 2.84. The molecule has 0 saturated carbocycles. The molecule has 0 aliphatic heterocycles. The van der Waals surface area contributed by atoms with Gasteiger partial charge < -0.3 is 24.4 Å². The van der Waals surface area contributed by atoms with Gasteiger partial charge in [-0.3, -0.25) is 4.98 Å². The molecule has 0 radical (unpaired) electrons. The van der Waals surface area contributed by atoms with Crippen molar-refractivity contribution in [2.75, 3.05) is 0 Å². The van der Waals surface area contributed by atoms with Crippen molar-refractivity contribution in [1.82, 2.24) is 9.55 Å². The summed E-state index contributed by atoms with van der Waals surface area (Å²) in [5, 5.41) is 21.7. The predicted octanol–water partition coefficient (Wildman–Crippen LogP) is -1.19. The van der Waals surface area contributed by atoms with Crippen molar-refractivity contribution < 1.29 is 69.2 Å². The van der Waals surface area contributed by atoms with Gasteiger partial charge in [-0.15, -0.1) is 0 Å². The van der Waals surface area contributed by atoms with E-state index in [0.717, 1.165) is 0 Å². The first kappa shape index (κ1) is 16.0. The average molecular weight is 396 g/mol. The molecule has 96 valence electrons. The molecule has 0 saturated heterocycles. The van der Waals surface area contributed by atoms with E-state index in [9.17, 15) is 19.8 Å². The van der Waals surface area contributed by atoms with Gasteiger partial charge in [-0.1, -0.05) is 0 Å². The van der Waals surface area contributed by atoms with Gasteiger partial charge >= 0.3 is 49.4 Å². The Labute approximate surface area is 149 Å². The van der Waals surface area contributed by atoms with E-state index in [-0.39, 0.29) is 60.6 Å². The van der Waals surface area contributed by atoms with Gasteiger partial charge in [0.2, 0.25) is 0 Å². The molecule has 19 heavy (non-hydrogen) atoms. The minimum atomic E-state index is -1.42. The molecule has 2 heterocycles. The number of hydrogen-bond donors (Lipinski definition) is 0. The molecule has 2 aromatic heterocycles. The summed E-state index contributed by atoms with van der Waals surface area (Å²) in [6.45, 7) is 0. The van der Waals surface area contributed by atoms with Gasteiger partial charge in [-0.2, -0.15) is 0 Å². The maximum Gasteiger partial charge on any atom is 3.00 e. The third-order valence-corrected chi connectivity index (χ3v) is 2.54. The summed E-state index contributed by atoms with van der Waals surface area (Å²) in [7, 11) is 1.65. The number of nitrogens with zero attached hydrogens (tertiary/aromatic N) is 2. The molecule has 0 N–H and O–H groups in total. The standard InChI is InChI=1S/C12H10N2O4.Eu/c1-14-5-3-8(11(15)16)10(14)7-2-4-13-9(6-7)12(17)18;/h2-6H,1H3,(H,15,16)(H,17,18);/q;+3/p-2. The van der Waals surface area contributed by atoms with Crippen molar-refractivity contribution in [3.63, 3.8) is 0 Å². The van der Waals surface area contributed by atoms with E-state index >= 15 is 0 Å². The van der Waals surface area contributed by atoms with Gasteiger partial charge in [0.1, 0.15) is 0 Å². The maximum absolute atomic E-state index is 11.0. The Morgan fingerprint density at radius 1 is 1.21 bits per heavy atom. The van der Waals surface area contributed by atoms with Gasteiger partial charge in [0, 0.05) is 30.6 Å². The van der Waals surface area contributed by atoms with E-state index in [1.807, 2.05) is 0 Å². The van der Waals surface area contributed by atoms with Gasteiger partial charge in [-0.05, 0) is 18.2 Å². The number of carboxylic acid groups (broad SMARTS) is 2. The van der Waals surface area contributed by atoms with Crippen LogP contribution in [0.3, 0.4) is 0 Å². The number of carbonyl (C=O) groups excluding carboxylic acids is 2. The smallest absolute Gasteiger partial charge is 0.545 e. The first-order valence-electron chi connectivity index (χ1n) is 5.05. The molecular weight excluding hydrogens is 388 g/mol. The Morgan fingerprint density at radius 3 is 2.47 bits per heavy atom. The molecule has 0 aliphatic carbocycles. The zero-order valence-corrected chi connectivity index (χ0v) is 12.2. The fourth-order valence-corrected chi connectivity index (χ4v) is 1.74. The van der Waals surface area contributed by atoms with E-state index in [0.29, 0.717) is 11.3 Å². The molecular formula is C12H8EuN2O4+.